The number of carbonyl (C=O) groups is 2. The minimum Gasteiger partial charge on any atom is -0.444 e. The van der Waals surface area contributed by atoms with Crippen molar-refractivity contribution >= 4 is 11.9 Å². The van der Waals surface area contributed by atoms with E-state index in [1.165, 1.54) is 0 Å². The topological polar surface area (TPSA) is 105 Å². The minimum absolute atomic E-state index is 0.505. The highest BCUT2D eigenvalue weighted by atomic mass is 16.6. The van der Waals surface area contributed by atoms with Crippen LogP contribution in [0.15, 0.2) is 12.2 Å². The van der Waals surface area contributed by atoms with E-state index in [1.807, 2.05) is 0 Å². The average Bonchev–Trinajstić information content (AvgIpc) is 2.26. The molecular formula is C10H18N2O4. The summed E-state index contributed by atoms with van der Waals surface area (Å²) < 4.78 is 9.39. The summed E-state index contributed by atoms with van der Waals surface area (Å²) in [5.74, 6) is -1.37. The number of esters is 2. The van der Waals surface area contributed by atoms with Gasteiger partial charge in [-0.2, -0.15) is 0 Å². The van der Waals surface area contributed by atoms with Gasteiger partial charge < -0.3 is 9.47 Å². The van der Waals surface area contributed by atoms with Gasteiger partial charge in [-0.25, -0.2) is 9.59 Å². The Hall–Kier alpha value is -1.40. The molecule has 0 aromatic carbocycles. The molecule has 92 valence electrons. The summed E-state index contributed by atoms with van der Waals surface area (Å²) in [6.07, 6.45) is 1.60. The number of rotatable bonds is 6. The third kappa shape index (κ3) is 6.97. The lowest BCUT2D eigenvalue weighted by Crippen LogP contribution is -2.26. The van der Waals surface area contributed by atoms with E-state index in [9.17, 15) is 9.59 Å². The van der Waals surface area contributed by atoms with Gasteiger partial charge in [0.05, 0.1) is 0 Å². The van der Waals surface area contributed by atoms with Gasteiger partial charge in [0.2, 0.25) is 0 Å². The van der Waals surface area contributed by atoms with Crippen molar-refractivity contribution in [3.05, 3.63) is 12.2 Å². The molecule has 0 rings (SSSR count). The van der Waals surface area contributed by atoms with Gasteiger partial charge in [-0.05, 0) is 12.8 Å². The van der Waals surface area contributed by atoms with E-state index < -0.39 is 24.4 Å². The second kappa shape index (κ2) is 7.84. The summed E-state index contributed by atoms with van der Waals surface area (Å²) in [4.78, 5) is 22.1. The van der Waals surface area contributed by atoms with Crippen molar-refractivity contribution in [2.24, 2.45) is 11.5 Å². The first kappa shape index (κ1) is 14.6. The Kier molecular flexibility index (Phi) is 7.15. The molecule has 0 aliphatic rings. The Bertz CT molecular complexity index is 240. The Balaban J connectivity index is 3.98. The molecule has 2 unspecified atom stereocenters. The quantitative estimate of drug-likeness (QED) is 0.378. The summed E-state index contributed by atoms with van der Waals surface area (Å²) in [7, 11) is 0. The van der Waals surface area contributed by atoms with Crippen LogP contribution in [-0.4, -0.2) is 24.4 Å². The zero-order valence-corrected chi connectivity index (χ0v) is 9.51. The van der Waals surface area contributed by atoms with Crippen LogP contribution in [0.4, 0.5) is 0 Å². The van der Waals surface area contributed by atoms with E-state index in [0.29, 0.717) is 12.8 Å². The molecule has 0 spiro atoms. The molecule has 6 nitrogen and oxygen atoms in total. The van der Waals surface area contributed by atoms with Crippen LogP contribution in [0.1, 0.15) is 26.7 Å². The molecule has 4 N–H and O–H groups in total. The summed E-state index contributed by atoms with van der Waals surface area (Å²) in [6, 6.07) is 0. The molecule has 0 saturated heterocycles. The lowest BCUT2D eigenvalue weighted by atomic mass is 10.4. The molecule has 16 heavy (non-hydrogen) atoms. The first-order valence-corrected chi connectivity index (χ1v) is 5.10. The van der Waals surface area contributed by atoms with Gasteiger partial charge >= 0.3 is 11.9 Å². The van der Waals surface area contributed by atoms with Crippen molar-refractivity contribution in [3.8, 4) is 0 Å². The van der Waals surface area contributed by atoms with Gasteiger partial charge in [0.1, 0.15) is 0 Å². The summed E-state index contributed by atoms with van der Waals surface area (Å²) >= 11 is 0. The van der Waals surface area contributed by atoms with Crippen molar-refractivity contribution in [2.75, 3.05) is 0 Å². The lowest BCUT2D eigenvalue weighted by molar-refractivity contribution is -0.145. The summed E-state index contributed by atoms with van der Waals surface area (Å²) in [5.41, 5.74) is 10.7. The van der Waals surface area contributed by atoms with E-state index in [4.69, 9.17) is 20.9 Å². The standard InChI is InChI=1S/C10H18N2O4/c1-3-7(11)15-9(13)5-6-10(14)16-8(12)4-2/h5-8H,3-4,11-12H2,1-2H3/b6-5+. The molecule has 0 fully saturated rings. The van der Waals surface area contributed by atoms with E-state index in [2.05, 4.69) is 0 Å². The van der Waals surface area contributed by atoms with E-state index in [1.54, 1.807) is 13.8 Å². The van der Waals surface area contributed by atoms with Crippen molar-refractivity contribution in [1.29, 1.82) is 0 Å². The number of hydrogen-bond donors (Lipinski definition) is 2. The minimum atomic E-state index is -0.684. The van der Waals surface area contributed by atoms with Crippen LogP contribution < -0.4 is 11.5 Å². The average molecular weight is 230 g/mol. The van der Waals surface area contributed by atoms with Gasteiger partial charge in [0, 0.05) is 12.2 Å². The number of nitrogens with two attached hydrogens (primary N) is 2. The highest BCUT2D eigenvalue weighted by molar-refractivity contribution is 5.91. The van der Waals surface area contributed by atoms with E-state index in [-0.39, 0.29) is 0 Å². The maximum Gasteiger partial charge on any atom is 0.332 e. The Morgan fingerprint density at radius 2 is 1.31 bits per heavy atom. The fraction of sp³-hybridized carbons (Fsp3) is 0.600. The zero-order valence-electron chi connectivity index (χ0n) is 9.51. The molecule has 0 aliphatic carbocycles. The first-order valence-electron chi connectivity index (χ1n) is 5.10. The van der Waals surface area contributed by atoms with Gasteiger partial charge in [-0.15, -0.1) is 0 Å². The third-order valence-corrected chi connectivity index (χ3v) is 1.70. The highest BCUT2D eigenvalue weighted by Crippen LogP contribution is 1.94. The largest absolute Gasteiger partial charge is 0.444 e. The molecule has 0 aromatic rings. The highest BCUT2D eigenvalue weighted by Gasteiger charge is 2.07. The van der Waals surface area contributed by atoms with Crippen molar-refractivity contribution in [2.45, 2.75) is 39.1 Å². The second-order valence-electron chi connectivity index (χ2n) is 3.10. The van der Waals surface area contributed by atoms with Gasteiger partial charge in [0.15, 0.2) is 12.5 Å². The van der Waals surface area contributed by atoms with Gasteiger partial charge in [-0.3, -0.25) is 11.5 Å². The van der Waals surface area contributed by atoms with Crippen LogP contribution >= 0.6 is 0 Å². The van der Waals surface area contributed by atoms with Gasteiger partial charge in [0.25, 0.3) is 0 Å². The molecular weight excluding hydrogens is 212 g/mol. The Labute approximate surface area is 94.6 Å². The number of ether oxygens (including phenoxy) is 2. The monoisotopic (exact) mass is 230 g/mol. The fourth-order valence-electron chi connectivity index (χ4n) is 0.680. The predicted molar refractivity (Wildman–Crippen MR) is 57.9 cm³/mol. The van der Waals surface area contributed by atoms with Crippen LogP contribution in [0.3, 0.4) is 0 Å². The smallest absolute Gasteiger partial charge is 0.332 e. The maximum atomic E-state index is 11.0. The summed E-state index contributed by atoms with van der Waals surface area (Å²) in [5, 5.41) is 0. The van der Waals surface area contributed by atoms with Crippen LogP contribution in [0.2, 0.25) is 0 Å². The maximum absolute atomic E-state index is 11.0. The first-order chi connectivity index (χ1) is 7.49. The molecule has 0 amide bonds. The third-order valence-electron chi connectivity index (χ3n) is 1.70. The molecule has 0 saturated carbocycles. The summed E-state index contributed by atoms with van der Waals surface area (Å²) in [6.45, 7) is 3.55. The molecule has 0 radical (unpaired) electrons. The molecule has 0 bridgehead atoms. The molecule has 0 heterocycles. The molecule has 2 atom stereocenters. The number of carbonyl (C=O) groups excluding carboxylic acids is 2. The zero-order chi connectivity index (χ0) is 12.6. The fourth-order valence-corrected chi connectivity index (χ4v) is 0.680. The van der Waals surface area contributed by atoms with Crippen LogP contribution in [0.5, 0.6) is 0 Å². The van der Waals surface area contributed by atoms with Crippen LogP contribution in [0, 0.1) is 0 Å². The normalized spacial score (nSPS) is 14.5. The Morgan fingerprint density at radius 3 is 1.56 bits per heavy atom. The van der Waals surface area contributed by atoms with E-state index in [0.717, 1.165) is 12.2 Å². The molecule has 0 aromatic heterocycles. The number of hydrogen-bond acceptors (Lipinski definition) is 6. The lowest BCUT2D eigenvalue weighted by Gasteiger charge is -2.09. The Morgan fingerprint density at radius 1 is 1.00 bits per heavy atom. The van der Waals surface area contributed by atoms with E-state index >= 15 is 0 Å². The molecule has 0 aliphatic heterocycles. The second-order valence-corrected chi connectivity index (χ2v) is 3.10. The van der Waals surface area contributed by atoms with Crippen LogP contribution in [-0.2, 0) is 19.1 Å². The SMILES string of the molecule is CCC(N)OC(=O)/C=C/C(=O)OC(N)CC. The van der Waals surface area contributed by atoms with Crippen molar-refractivity contribution in [1.82, 2.24) is 0 Å². The van der Waals surface area contributed by atoms with Gasteiger partial charge in [-0.1, -0.05) is 13.8 Å². The van der Waals surface area contributed by atoms with Crippen molar-refractivity contribution in [3.63, 3.8) is 0 Å². The predicted octanol–water partition coefficient (Wildman–Crippen LogP) is 0.0186. The molecule has 6 heteroatoms. The van der Waals surface area contributed by atoms with Crippen LogP contribution in [0.25, 0.3) is 0 Å². The van der Waals surface area contributed by atoms with Crippen molar-refractivity contribution < 1.29 is 19.1 Å².